The molecule has 0 unspecified atom stereocenters. The Hall–Kier alpha value is -0.970. The average molecular weight is 320 g/mol. The van der Waals surface area contributed by atoms with E-state index in [-0.39, 0.29) is 5.82 Å². The van der Waals surface area contributed by atoms with E-state index in [0.29, 0.717) is 6.04 Å². The maximum absolute atomic E-state index is 13.6. The molecule has 23 heavy (non-hydrogen) atoms. The van der Waals surface area contributed by atoms with Gasteiger partial charge in [-0.15, -0.1) is 0 Å². The van der Waals surface area contributed by atoms with Gasteiger partial charge in [-0.05, 0) is 62.5 Å². The minimum atomic E-state index is -0.118. The highest BCUT2D eigenvalue weighted by Crippen LogP contribution is 2.24. The molecule has 1 aromatic carbocycles. The van der Waals surface area contributed by atoms with Gasteiger partial charge in [0.05, 0.1) is 13.2 Å². The van der Waals surface area contributed by atoms with Crippen molar-refractivity contribution in [3.8, 4) is 0 Å². The number of hydrogen-bond donors (Lipinski definition) is 0. The maximum atomic E-state index is 13.6. The van der Waals surface area contributed by atoms with Crippen LogP contribution in [0, 0.1) is 12.7 Å². The number of nitrogens with zero attached hydrogens (tertiary/aromatic N) is 2. The number of rotatable bonds is 5. The van der Waals surface area contributed by atoms with Crippen LogP contribution in [0.2, 0.25) is 0 Å². The van der Waals surface area contributed by atoms with Gasteiger partial charge in [-0.2, -0.15) is 0 Å². The summed E-state index contributed by atoms with van der Waals surface area (Å²) in [6.45, 7) is 9.15. The standard InChI is InChI=1S/C19H29FN2O/c1-16-5-6-18(20)14-17(16)15-22-8-3-2-4-19(22)7-9-21-10-12-23-13-11-21/h5-6,14,19H,2-4,7-13,15H2,1H3/t19-/m1/s1. The van der Waals surface area contributed by atoms with E-state index in [2.05, 4.69) is 16.7 Å². The first-order chi connectivity index (χ1) is 11.2. The average Bonchev–Trinajstić information content (AvgIpc) is 2.58. The third-order valence-corrected chi connectivity index (χ3v) is 5.32. The van der Waals surface area contributed by atoms with E-state index >= 15 is 0 Å². The number of piperidine rings is 1. The molecular weight excluding hydrogens is 291 g/mol. The largest absolute Gasteiger partial charge is 0.379 e. The molecule has 1 atom stereocenters. The molecule has 3 rings (SSSR count). The Morgan fingerprint density at radius 3 is 2.83 bits per heavy atom. The summed E-state index contributed by atoms with van der Waals surface area (Å²) in [6, 6.07) is 5.81. The summed E-state index contributed by atoms with van der Waals surface area (Å²) in [4.78, 5) is 5.09. The summed E-state index contributed by atoms with van der Waals surface area (Å²) >= 11 is 0. The van der Waals surface area contributed by atoms with Crippen molar-refractivity contribution in [1.29, 1.82) is 0 Å². The topological polar surface area (TPSA) is 15.7 Å². The molecule has 128 valence electrons. The Balaban J connectivity index is 1.58. The first-order valence-electron chi connectivity index (χ1n) is 9.01. The van der Waals surface area contributed by atoms with Crippen LogP contribution in [0.1, 0.15) is 36.8 Å². The Morgan fingerprint density at radius 1 is 1.17 bits per heavy atom. The van der Waals surface area contributed by atoms with Crippen LogP contribution in [0.15, 0.2) is 18.2 Å². The molecule has 0 spiro atoms. The van der Waals surface area contributed by atoms with Gasteiger partial charge in [-0.1, -0.05) is 12.5 Å². The lowest BCUT2D eigenvalue weighted by molar-refractivity contribution is 0.0302. The van der Waals surface area contributed by atoms with Gasteiger partial charge >= 0.3 is 0 Å². The van der Waals surface area contributed by atoms with Crippen molar-refractivity contribution in [2.24, 2.45) is 0 Å². The molecule has 0 bridgehead atoms. The third-order valence-electron chi connectivity index (χ3n) is 5.32. The lowest BCUT2D eigenvalue weighted by Gasteiger charge is -2.37. The van der Waals surface area contributed by atoms with Gasteiger partial charge in [0, 0.05) is 25.7 Å². The summed E-state index contributed by atoms with van der Waals surface area (Å²) in [7, 11) is 0. The fourth-order valence-corrected chi connectivity index (χ4v) is 3.78. The lowest BCUT2D eigenvalue weighted by Crippen LogP contribution is -2.43. The van der Waals surface area contributed by atoms with E-state index in [4.69, 9.17) is 4.74 Å². The monoisotopic (exact) mass is 320 g/mol. The fourth-order valence-electron chi connectivity index (χ4n) is 3.78. The third kappa shape index (κ3) is 4.75. The molecular formula is C19H29FN2O. The summed E-state index contributed by atoms with van der Waals surface area (Å²) in [5.74, 6) is -0.118. The van der Waals surface area contributed by atoms with Crippen molar-refractivity contribution >= 4 is 0 Å². The number of likely N-dealkylation sites (tertiary alicyclic amines) is 1. The summed E-state index contributed by atoms with van der Waals surface area (Å²) in [5.41, 5.74) is 2.34. The van der Waals surface area contributed by atoms with Gasteiger partial charge in [0.1, 0.15) is 5.82 Å². The van der Waals surface area contributed by atoms with Gasteiger partial charge < -0.3 is 4.74 Å². The van der Waals surface area contributed by atoms with E-state index < -0.39 is 0 Å². The van der Waals surface area contributed by atoms with Gasteiger partial charge in [0.25, 0.3) is 0 Å². The van der Waals surface area contributed by atoms with E-state index in [1.807, 2.05) is 6.07 Å². The molecule has 2 aliphatic heterocycles. The molecule has 3 nitrogen and oxygen atoms in total. The Bertz CT molecular complexity index is 502. The molecule has 2 fully saturated rings. The smallest absolute Gasteiger partial charge is 0.123 e. The molecule has 0 aromatic heterocycles. The van der Waals surface area contributed by atoms with Gasteiger partial charge in [-0.3, -0.25) is 9.80 Å². The van der Waals surface area contributed by atoms with Crippen LogP contribution in [-0.2, 0) is 11.3 Å². The normalized spacial score (nSPS) is 24.0. The molecule has 0 radical (unpaired) electrons. The van der Waals surface area contributed by atoms with Gasteiger partial charge in [-0.25, -0.2) is 4.39 Å². The molecule has 0 amide bonds. The molecule has 1 aromatic rings. The second kappa shape index (κ2) is 8.22. The van der Waals surface area contributed by atoms with Crippen LogP contribution in [0.5, 0.6) is 0 Å². The van der Waals surface area contributed by atoms with E-state index in [1.54, 1.807) is 12.1 Å². The van der Waals surface area contributed by atoms with Crippen LogP contribution in [0.3, 0.4) is 0 Å². The van der Waals surface area contributed by atoms with Crippen molar-refractivity contribution in [3.63, 3.8) is 0 Å². The second-order valence-electron chi connectivity index (χ2n) is 6.93. The van der Waals surface area contributed by atoms with Gasteiger partial charge in [0.2, 0.25) is 0 Å². The zero-order valence-electron chi connectivity index (χ0n) is 14.3. The summed E-state index contributed by atoms with van der Waals surface area (Å²) < 4.78 is 19.0. The predicted octanol–water partition coefficient (Wildman–Crippen LogP) is 3.21. The fraction of sp³-hybridized carbons (Fsp3) is 0.684. The highest BCUT2D eigenvalue weighted by Gasteiger charge is 2.24. The number of morpholine rings is 1. The minimum Gasteiger partial charge on any atom is -0.379 e. The molecule has 2 aliphatic rings. The molecule has 2 heterocycles. The van der Waals surface area contributed by atoms with Crippen molar-refractivity contribution in [2.75, 3.05) is 39.4 Å². The first-order valence-corrected chi connectivity index (χ1v) is 9.01. The summed E-state index contributed by atoms with van der Waals surface area (Å²) in [5, 5.41) is 0. The first kappa shape index (κ1) is 16.9. The molecule has 2 saturated heterocycles. The van der Waals surface area contributed by atoms with E-state index in [1.165, 1.54) is 31.2 Å². The summed E-state index contributed by atoms with van der Waals surface area (Å²) in [6.07, 6.45) is 5.09. The highest BCUT2D eigenvalue weighted by molar-refractivity contribution is 5.26. The van der Waals surface area contributed by atoms with Crippen LogP contribution < -0.4 is 0 Å². The number of halogens is 1. The second-order valence-corrected chi connectivity index (χ2v) is 6.93. The number of hydrogen-bond acceptors (Lipinski definition) is 3. The van der Waals surface area contributed by atoms with Crippen molar-refractivity contribution in [2.45, 2.75) is 45.2 Å². The Labute approximate surface area is 139 Å². The highest BCUT2D eigenvalue weighted by atomic mass is 19.1. The van der Waals surface area contributed by atoms with Crippen molar-refractivity contribution < 1.29 is 9.13 Å². The minimum absolute atomic E-state index is 0.118. The van der Waals surface area contributed by atoms with Crippen LogP contribution in [0.4, 0.5) is 4.39 Å². The number of ether oxygens (including phenoxy) is 1. The molecule has 0 N–H and O–H groups in total. The molecule has 4 heteroatoms. The van der Waals surface area contributed by atoms with Crippen LogP contribution >= 0.6 is 0 Å². The van der Waals surface area contributed by atoms with Crippen LogP contribution in [0.25, 0.3) is 0 Å². The molecule has 0 aliphatic carbocycles. The predicted molar refractivity (Wildman–Crippen MR) is 91.1 cm³/mol. The lowest BCUT2D eigenvalue weighted by atomic mass is 9.97. The van der Waals surface area contributed by atoms with Crippen molar-refractivity contribution in [1.82, 2.24) is 9.80 Å². The zero-order valence-corrected chi connectivity index (χ0v) is 14.3. The Morgan fingerprint density at radius 2 is 2.00 bits per heavy atom. The van der Waals surface area contributed by atoms with Crippen LogP contribution in [-0.4, -0.2) is 55.2 Å². The van der Waals surface area contributed by atoms with Crippen molar-refractivity contribution in [3.05, 3.63) is 35.1 Å². The number of benzene rings is 1. The SMILES string of the molecule is Cc1ccc(F)cc1CN1CCCC[C@@H]1CCN1CCOCC1. The zero-order chi connectivity index (χ0) is 16.1. The maximum Gasteiger partial charge on any atom is 0.123 e. The van der Waals surface area contributed by atoms with Gasteiger partial charge in [0.15, 0.2) is 0 Å². The Kier molecular flexibility index (Phi) is 6.03. The number of aryl methyl sites for hydroxylation is 1. The molecule has 0 saturated carbocycles. The quantitative estimate of drug-likeness (QED) is 0.828. The van der Waals surface area contributed by atoms with E-state index in [0.717, 1.165) is 51.5 Å². The van der Waals surface area contributed by atoms with E-state index in [9.17, 15) is 4.39 Å².